The van der Waals surface area contributed by atoms with Gasteiger partial charge in [-0.3, -0.25) is 4.90 Å². The van der Waals surface area contributed by atoms with E-state index in [-0.39, 0.29) is 0 Å². The third-order valence-electron chi connectivity index (χ3n) is 6.45. The third kappa shape index (κ3) is 2.26. The second-order valence-electron chi connectivity index (χ2n) is 7.89. The minimum atomic E-state index is 0.363. The fourth-order valence-electron chi connectivity index (χ4n) is 5.57. The Kier molecular flexibility index (Phi) is 3.30. The lowest BCUT2D eigenvalue weighted by Crippen LogP contribution is -2.37. The van der Waals surface area contributed by atoms with Crippen molar-refractivity contribution < 1.29 is 9.47 Å². The van der Waals surface area contributed by atoms with E-state index in [2.05, 4.69) is 35.3 Å². The summed E-state index contributed by atoms with van der Waals surface area (Å²) < 4.78 is 10.9. The first-order chi connectivity index (χ1) is 11.3. The number of nitrogens with zero attached hydrogens (tertiary/aromatic N) is 1. The lowest BCUT2D eigenvalue weighted by atomic mass is 9.82. The molecule has 0 saturated carbocycles. The highest BCUT2D eigenvalue weighted by atomic mass is 16.7. The molecule has 4 heteroatoms. The van der Waals surface area contributed by atoms with Crippen LogP contribution in [0, 0.1) is 17.8 Å². The van der Waals surface area contributed by atoms with Gasteiger partial charge in [0.25, 0.3) is 0 Å². The molecule has 0 radical (unpaired) electrons. The van der Waals surface area contributed by atoms with Gasteiger partial charge in [-0.2, -0.15) is 0 Å². The molecule has 0 spiro atoms. The molecule has 1 aromatic carbocycles. The monoisotopic (exact) mass is 314 g/mol. The zero-order chi connectivity index (χ0) is 15.4. The Morgan fingerprint density at radius 3 is 2.65 bits per heavy atom. The molecule has 2 bridgehead atoms. The van der Waals surface area contributed by atoms with Crippen molar-refractivity contribution in [2.75, 3.05) is 26.4 Å². The van der Waals surface area contributed by atoms with Crippen LogP contribution in [0.4, 0.5) is 0 Å². The van der Waals surface area contributed by atoms with Crippen LogP contribution in [0.1, 0.15) is 25.3 Å². The molecule has 3 saturated heterocycles. The molecule has 4 nitrogen and oxygen atoms in total. The Morgan fingerprint density at radius 1 is 1.13 bits per heavy atom. The smallest absolute Gasteiger partial charge is 0.231 e. The summed E-state index contributed by atoms with van der Waals surface area (Å²) in [6, 6.07) is 8.11. The summed E-state index contributed by atoms with van der Waals surface area (Å²) in [6.45, 7) is 6.51. The molecular formula is C19H26N2O2. The van der Waals surface area contributed by atoms with Gasteiger partial charge in [0.2, 0.25) is 6.79 Å². The van der Waals surface area contributed by atoms with Crippen LogP contribution in [0.15, 0.2) is 18.2 Å². The summed E-state index contributed by atoms with van der Waals surface area (Å²) in [5.74, 6) is 4.33. The average Bonchev–Trinajstić information content (AvgIpc) is 3.28. The van der Waals surface area contributed by atoms with Gasteiger partial charge in [0.15, 0.2) is 11.5 Å². The van der Waals surface area contributed by atoms with Crippen LogP contribution in [-0.2, 0) is 6.42 Å². The number of hydrogen-bond acceptors (Lipinski definition) is 4. The van der Waals surface area contributed by atoms with Gasteiger partial charge in [0.1, 0.15) is 0 Å². The van der Waals surface area contributed by atoms with Crippen molar-refractivity contribution in [3.63, 3.8) is 0 Å². The zero-order valence-electron chi connectivity index (χ0n) is 13.8. The summed E-state index contributed by atoms with van der Waals surface area (Å²) in [5.41, 5.74) is 1.37. The van der Waals surface area contributed by atoms with Crippen LogP contribution in [-0.4, -0.2) is 43.4 Å². The zero-order valence-corrected chi connectivity index (χ0v) is 13.8. The number of hydrogen-bond donors (Lipinski definition) is 1. The van der Waals surface area contributed by atoms with Crippen LogP contribution in [0.3, 0.4) is 0 Å². The highest BCUT2D eigenvalue weighted by molar-refractivity contribution is 5.44. The Hall–Kier alpha value is -1.26. The van der Waals surface area contributed by atoms with Crippen molar-refractivity contribution in [2.24, 2.45) is 17.8 Å². The number of nitrogens with one attached hydrogen (secondary N) is 1. The molecule has 4 aliphatic heterocycles. The molecule has 1 aromatic rings. The summed E-state index contributed by atoms with van der Waals surface area (Å²) in [4.78, 5) is 2.85. The molecule has 0 unspecified atom stereocenters. The van der Waals surface area contributed by atoms with Crippen LogP contribution in [0.5, 0.6) is 11.5 Å². The highest BCUT2D eigenvalue weighted by Gasteiger charge is 2.54. The average molecular weight is 314 g/mol. The summed E-state index contributed by atoms with van der Waals surface area (Å²) in [7, 11) is 0. The lowest BCUT2D eigenvalue weighted by molar-refractivity contribution is 0.174. The van der Waals surface area contributed by atoms with Gasteiger partial charge in [-0.05, 0) is 67.8 Å². The number of benzene rings is 1. The van der Waals surface area contributed by atoms with Crippen LogP contribution in [0.25, 0.3) is 0 Å². The molecule has 5 rings (SSSR count). The SMILES string of the molecule is C[C@@H](Cc1ccc2c(c1)OCO2)CN1[C@@H]2CC[C@H]1[C@H]1CNC[C@H]12. The van der Waals surface area contributed by atoms with Gasteiger partial charge in [-0.1, -0.05) is 13.0 Å². The van der Waals surface area contributed by atoms with E-state index in [1.165, 1.54) is 38.0 Å². The highest BCUT2D eigenvalue weighted by Crippen LogP contribution is 2.47. The molecule has 0 amide bonds. The first-order valence-electron chi connectivity index (χ1n) is 9.14. The molecule has 124 valence electrons. The largest absolute Gasteiger partial charge is 0.454 e. The maximum Gasteiger partial charge on any atom is 0.231 e. The second kappa shape index (κ2) is 5.38. The fourth-order valence-corrected chi connectivity index (χ4v) is 5.57. The molecule has 23 heavy (non-hydrogen) atoms. The maximum absolute atomic E-state index is 5.51. The second-order valence-corrected chi connectivity index (χ2v) is 7.89. The predicted octanol–water partition coefficient (Wildman–Crippen LogP) is 2.28. The number of fused-ring (bicyclic) bond motifs is 6. The molecule has 5 atom stereocenters. The summed E-state index contributed by atoms with van der Waals surface area (Å²) in [5, 5.41) is 3.61. The molecule has 0 aromatic heterocycles. The Labute approximate surface area is 138 Å². The van der Waals surface area contributed by atoms with Gasteiger partial charge < -0.3 is 14.8 Å². The van der Waals surface area contributed by atoms with Gasteiger partial charge >= 0.3 is 0 Å². The molecule has 3 fully saturated rings. The van der Waals surface area contributed by atoms with E-state index in [1.807, 2.05) is 0 Å². The minimum absolute atomic E-state index is 0.363. The van der Waals surface area contributed by atoms with E-state index in [0.29, 0.717) is 12.7 Å². The van der Waals surface area contributed by atoms with Crippen molar-refractivity contribution in [2.45, 2.75) is 38.3 Å². The number of rotatable bonds is 4. The topological polar surface area (TPSA) is 33.7 Å². The summed E-state index contributed by atoms with van der Waals surface area (Å²) in [6.07, 6.45) is 3.97. The first-order valence-corrected chi connectivity index (χ1v) is 9.14. The van der Waals surface area contributed by atoms with E-state index in [0.717, 1.165) is 41.8 Å². The quantitative estimate of drug-likeness (QED) is 0.924. The van der Waals surface area contributed by atoms with E-state index >= 15 is 0 Å². The van der Waals surface area contributed by atoms with E-state index in [4.69, 9.17) is 9.47 Å². The van der Waals surface area contributed by atoms with E-state index in [1.54, 1.807) is 0 Å². The van der Waals surface area contributed by atoms with Gasteiger partial charge in [-0.15, -0.1) is 0 Å². The third-order valence-corrected chi connectivity index (χ3v) is 6.45. The van der Waals surface area contributed by atoms with Gasteiger partial charge in [0, 0.05) is 18.6 Å². The van der Waals surface area contributed by atoms with Gasteiger partial charge in [-0.25, -0.2) is 0 Å². The van der Waals surface area contributed by atoms with E-state index < -0.39 is 0 Å². The standard InChI is InChI=1S/C19H26N2O2/c1-12(6-13-2-5-18-19(7-13)23-11-22-18)10-21-16-3-4-17(21)15-9-20-8-14(15)16/h2,5,7,12,14-17,20H,3-4,6,8-11H2,1H3/t12-,14-,15+,16-,17+/m0/s1. The Morgan fingerprint density at radius 2 is 1.87 bits per heavy atom. The summed E-state index contributed by atoms with van der Waals surface area (Å²) >= 11 is 0. The van der Waals surface area contributed by atoms with Crippen LogP contribution >= 0.6 is 0 Å². The Bertz CT molecular complexity index is 587. The molecule has 4 aliphatic rings. The molecule has 1 N–H and O–H groups in total. The maximum atomic E-state index is 5.51. The molecule has 0 aliphatic carbocycles. The normalized spacial score (nSPS) is 35.7. The van der Waals surface area contributed by atoms with Crippen molar-refractivity contribution in [3.8, 4) is 11.5 Å². The van der Waals surface area contributed by atoms with Crippen molar-refractivity contribution in [3.05, 3.63) is 23.8 Å². The van der Waals surface area contributed by atoms with Crippen LogP contribution in [0.2, 0.25) is 0 Å². The molecular weight excluding hydrogens is 288 g/mol. The van der Waals surface area contributed by atoms with Gasteiger partial charge in [0.05, 0.1) is 0 Å². The van der Waals surface area contributed by atoms with E-state index in [9.17, 15) is 0 Å². The molecule has 4 heterocycles. The lowest BCUT2D eigenvalue weighted by Gasteiger charge is -2.27. The van der Waals surface area contributed by atoms with Crippen molar-refractivity contribution in [1.29, 1.82) is 0 Å². The number of ether oxygens (including phenoxy) is 2. The van der Waals surface area contributed by atoms with Crippen molar-refractivity contribution in [1.82, 2.24) is 10.2 Å². The van der Waals surface area contributed by atoms with Crippen molar-refractivity contribution >= 4 is 0 Å². The minimum Gasteiger partial charge on any atom is -0.454 e. The first kappa shape index (κ1) is 14.1. The predicted molar refractivity (Wildman–Crippen MR) is 88.8 cm³/mol. The Balaban J connectivity index is 1.25. The van der Waals surface area contributed by atoms with Crippen LogP contribution < -0.4 is 14.8 Å². The fraction of sp³-hybridized carbons (Fsp3) is 0.684.